The summed E-state index contributed by atoms with van der Waals surface area (Å²) in [5.74, 6) is -0.687. The highest BCUT2D eigenvalue weighted by molar-refractivity contribution is 7.71. The zero-order valence-electron chi connectivity index (χ0n) is 14.9. The Morgan fingerprint density at radius 1 is 1.24 bits per heavy atom. The first-order valence-corrected chi connectivity index (χ1v) is 10.2. The zero-order chi connectivity index (χ0) is 19.0. The molecule has 10 heteroatoms. The largest absolute Gasteiger partial charge is 0.465 e. The smallest absolute Gasteiger partial charge is 0.347 e. The summed E-state index contributed by atoms with van der Waals surface area (Å²) in [7, 11) is -3.82. The lowest BCUT2D eigenvalue weighted by Crippen LogP contribution is -2.35. The van der Waals surface area contributed by atoms with Gasteiger partial charge in [-0.05, 0) is 39.4 Å². The van der Waals surface area contributed by atoms with Crippen LogP contribution in [0.2, 0.25) is 0 Å². The molecule has 142 valence electrons. The van der Waals surface area contributed by atoms with E-state index in [-0.39, 0.29) is 30.2 Å². The Balaban J connectivity index is 3.51. The van der Waals surface area contributed by atoms with Crippen LogP contribution in [0.15, 0.2) is 17.1 Å². The van der Waals surface area contributed by atoms with Gasteiger partial charge in [0.2, 0.25) is 0 Å². The fourth-order valence-electron chi connectivity index (χ4n) is 2.54. The van der Waals surface area contributed by atoms with Crippen molar-refractivity contribution in [1.82, 2.24) is 9.55 Å². The van der Waals surface area contributed by atoms with Gasteiger partial charge in [-0.25, -0.2) is 0 Å². The standard InChI is InChI=1S/C15H25N2O6PS/c1-5-11(17-10-9-12(18)16-15(17)25)13(14(19)21-6-2)24(20,22-7-3)23-8-4/h9-11,13H,5-8H2,1-4H3,(H,16,18,25). The highest BCUT2D eigenvalue weighted by Crippen LogP contribution is 2.57. The van der Waals surface area contributed by atoms with E-state index in [4.69, 9.17) is 26.0 Å². The van der Waals surface area contributed by atoms with Gasteiger partial charge < -0.3 is 18.4 Å². The highest BCUT2D eigenvalue weighted by Gasteiger charge is 2.47. The first-order valence-electron chi connectivity index (χ1n) is 8.21. The molecule has 0 aliphatic rings. The van der Waals surface area contributed by atoms with Crippen molar-refractivity contribution in [3.8, 4) is 0 Å². The number of aromatic nitrogens is 2. The van der Waals surface area contributed by atoms with Gasteiger partial charge in [-0.3, -0.25) is 19.1 Å². The first-order chi connectivity index (χ1) is 11.8. The Bertz CT molecular complexity index is 721. The van der Waals surface area contributed by atoms with E-state index >= 15 is 0 Å². The van der Waals surface area contributed by atoms with Gasteiger partial charge in [0.25, 0.3) is 5.56 Å². The molecule has 0 saturated carbocycles. The average Bonchev–Trinajstić information content (AvgIpc) is 2.53. The molecule has 1 N–H and O–H groups in total. The van der Waals surface area contributed by atoms with Gasteiger partial charge in [0, 0.05) is 12.3 Å². The van der Waals surface area contributed by atoms with Gasteiger partial charge in [-0.1, -0.05) is 6.92 Å². The minimum absolute atomic E-state index is 0.112. The number of H-pyrrole nitrogens is 1. The number of ether oxygens (including phenoxy) is 1. The molecule has 0 saturated heterocycles. The van der Waals surface area contributed by atoms with E-state index in [1.807, 2.05) is 6.92 Å². The van der Waals surface area contributed by atoms with Gasteiger partial charge in [0.15, 0.2) is 10.4 Å². The lowest BCUT2D eigenvalue weighted by Gasteiger charge is -2.31. The molecule has 0 amide bonds. The maximum absolute atomic E-state index is 13.3. The molecule has 1 aromatic heterocycles. The molecule has 0 fully saturated rings. The molecule has 0 aromatic carbocycles. The van der Waals surface area contributed by atoms with E-state index in [0.717, 1.165) is 0 Å². The molecule has 0 bridgehead atoms. The second-order valence-corrected chi connectivity index (χ2v) is 7.60. The number of rotatable bonds is 10. The summed E-state index contributed by atoms with van der Waals surface area (Å²) in [5.41, 5.74) is -1.56. The lowest BCUT2D eigenvalue weighted by molar-refractivity contribution is -0.144. The summed E-state index contributed by atoms with van der Waals surface area (Å²) in [6, 6.07) is 0.625. The van der Waals surface area contributed by atoms with E-state index in [2.05, 4.69) is 4.98 Å². The third-order valence-electron chi connectivity index (χ3n) is 3.48. The van der Waals surface area contributed by atoms with Crippen LogP contribution in [0.5, 0.6) is 0 Å². The van der Waals surface area contributed by atoms with Crippen LogP contribution < -0.4 is 5.56 Å². The van der Waals surface area contributed by atoms with Crippen molar-refractivity contribution in [2.75, 3.05) is 19.8 Å². The van der Waals surface area contributed by atoms with Crippen LogP contribution in [0.1, 0.15) is 40.2 Å². The fraction of sp³-hybridized carbons (Fsp3) is 0.667. The summed E-state index contributed by atoms with van der Waals surface area (Å²) >= 11 is 5.19. The first kappa shape index (κ1) is 21.8. The van der Waals surface area contributed by atoms with Crippen molar-refractivity contribution in [1.29, 1.82) is 0 Å². The number of aromatic amines is 1. The molecule has 2 unspecified atom stereocenters. The Hall–Kier alpha value is -1.28. The Kier molecular flexibility index (Phi) is 8.71. The molecule has 25 heavy (non-hydrogen) atoms. The van der Waals surface area contributed by atoms with Crippen molar-refractivity contribution >= 4 is 25.8 Å². The van der Waals surface area contributed by atoms with Gasteiger partial charge in [0.1, 0.15) is 0 Å². The zero-order valence-corrected chi connectivity index (χ0v) is 16.6. The minimum atomic E-state index is -3.82. The number of hydrogen-bond acceptors (Lipinski definition) is 7. The molecule has 1 rings (SSSR count). The number of carbonyl (C=O) groups excluding carboxylic acids is 1. The number of hydrogen-bond donors (Lipinski definition) is 1. The highest BCUT2D eigenvalue weighted by atomic mass is 32.1. The second-order valence-electron chi connectivity index (χ2n) is 5.07. The summed E-state index contributed by atoms with van der Waals surface area (Å²) < 4.78 is 30.8. The Morgan fingerprint density at radius 2 is 1.84 bits per heavy atom. The topological polar surface area (TPSA) is 99.6 Å². The Morgan fingerprint density at radius 3 is 2.28 bits per heavy atom. The van der Waals surface area contributed by atoms with Crippen molar-refractivity contribution in [3.05, 3.63) is 27.4 Å². The van der Waals surface area contributed by atoms with Crippen molar-refractivity contribution in [3.63, 3.8) is 0 Å². The van der Waals surface area contributed by atoms with Crippen LogP contribution in [0, 0.1) is 4.77 Å². The van der Waals surface area contributed by atoms with Crippen LogP contribution in [-0.2, 0) is 23.1 Å². The molecule has 1 heterocycles. The van der Waals surface area contributed by atoms with Crippen LogP contribution in [0.3, 0.4) is 0 Å². The van der Waals surface area contributed by atoms with E-state index in [9.17, 15) is 14.2 Å². The fourth-order valence-corrected chi connectivity index (χ4v) is 5.06. The van der Waals surface area contributed by atoms with E-state index in [0.29, 0.717) is 6.42 Å². The summed E-state index contributed by atoms with van der Waals surface area (Å²) in [5, 5.41) is 0. The predicted molar refractivity (Wildman–Crippen MR) is 96.5 cm³/mol. The summed E-state index contributed by atoms with van der Waals surface area (Å²) in [4.78, 5) is 26.5. The van der Waals surface area contributed by atoms with E-state index in [1.54, 1.807) is 20.8 Å². The molecule has 0 radical (unpaired) electrons. The van der Waals surface area contributed by atoms with Gasteiger partial charge in [-0.15, -0.1) is 0 Å². The van der Waals surface area contributed by atoms with Crippen LogP contribution in [-0.4, -0.2) is 41.0 Å². The molecule has 0 aliphatic heterocycles. The van der Waals surface area contributed by atoms with Gasteiger partial charge >= 0.3 is 13.6 Å². The number of nitrogens with one attached hydrogen (secondary N) is 1. The molecule has 0 aliphatic carbocycles. The van der Waals surface area contributed by atoms with E-state index in [1.165, 1.54) is 16.8 Å². The predicted octanol–water partition coefficient (Wildman–Crippen LogP) is 3.05. The van der Waals surface area contributed by atoms with Gasteiger partial charge in [-0.2, -0.15) is 0 Å². The van der Waals surface area contributed by atoms with Crippen LogP contribution in [0.4, 0.5) is 0 Å². The quantitative estimate of drug-likeness (QED) is 0.371. The van der Waals surface area contributed by atoms with Crippen molar-refractivity contribution in [2.45, 2.75) is 45.8 Å². The SMILES string of the molecule is CCOC(=O)C(C(CC)n1ccc(=O)[nH]c1=S)P(=O)(OCC)OCC. The molecule has 8 nitrogen and oxygen atoms in total. The monoisotopic (exact) mass is 392 g/mol. The lowest BCUT2D eigenvalue weighted by atomic mass is 10.1. The summed E-state index contributed by atoms with van der Waals surface area (Å²) in [6.45, 7) is 7.16. The number of nitrogens with zero attached hydrogens (tertiary/aromatic N) is 1. The third kappa shape index (κ3) is 5.34. The van der Waals surface area contributed by atoms with Crippen molar-refractivity contribution in [2.24, 2.45) is 0 Å². The van der Waals surface area contributed by atoms with Crippen LogP contribution >= 0.6 is 19.8 Å². The normalized spacial score (nSPS) is 14.1. The summed E-state index contributed by atoms with van der Waals surface area (Å²) in [6.07, 6.45) is 1.86. The van der Waals surface area contributed by atoms with Crippen LogP contribution in [0.25, 0.3) is 0 Å². The van der Waals surface area contributed by atoms with Gasteiger partial charge in [0.05, 0.1) is 25.9 Å². The molecular weight excluding hydrogens is 367 g/mol. The van der Waals surface area contributed by atoms with Crippen molar-refractivity contribution < 1.29 is 23.1 Å². The maximum Gasteiger partial charge on any atom is 0.347 e. The maximum atomic E-state index is 13.3. The average molecular weight is 392 g/mol. The molecule has 2 atom stereocenters. The third-order valence-corrected chi connectivity index (χ3v) is 6.26. The minimum Gasteiger partial charge on any atom is -0.465 e. The Labute approximate surface area is 152 Å². The number of carbonyl (C=O) groups is 1. The number of esters is 1. The second kappa shape index (κ2) is 10.0. The van der Waals surface area contributed by atoms with E-state index < -0.39 is 25.3 Å². The molecule has 0 spiro atoms. The molecule has 1 aromatic rings. The molecular formula is C15H25N2O6PS.